The number of carbonyl (C=O) groups is 1. The number of hydrogen-bond acceptors (Lipinski definition) is 4. The van der Waals surface area contributed by atoms with Crippen LogP contribution >= 0.6 is 0 Å². The minimum Gasteiger partial charge on any atom is -0.480 e. The lowest BCUT2D eigenvalue weighted by Crippen LogP contribution is -2.38. The van der Waals surface area contributed by atoms with Gasteiger partial charge < -0.3 is 10.1 Å². The van der Waals surface area contributed by atoms with Crippen molar-refractivity contribution in [3.05, 3.63) is 23.8 Å². The van der Waals surface area contributed by atoms with Crippen LogP contribution < -0.4 is 15.2 Å². The molecule has 6 nitrogen and oxygen atoms in total. The third-order valence-electron chi connectivity index (χ3n) is 3.88. The molecule has 1 aliphatic heterocycles. The highest BCUT2D eigenvalue weighted by molar-refractivity contribution is 7.89. The molecule has 7 heteroatoms. The molecule has 3 N–H and O–H groups in total. The largest absolute Gasteiger partial charge is 0.480 e. The number of fused-ring (bicyclic) bond motifs is 1. The highest BCUT2D eigenvalue weighted by Gasteiger charge is 2.30. The van der Waals surface area contributed by atoms with E-state index in [1.54, 1.807) is 6.07 Å². The number of carbonyl (C=O) groups excluding carboxylic acids is 1. The molecule has 0 aromatic heterocycles. The predicted octanol–water partition coefficient (Wildman–Crippen LogP) is 0.554. The molecular formula is C14H18N2O4S. The number of primary sulfonamides is 1. The number of rotatable bonds is 5. The zero-order valence-corrected chi connectivity index (χ0v) is 12.4. The van der Waals surface area contributed by atoms with Crippen LogP contribution in [0.2, 0.25) is 0 Å². The van der Waals surface area contributed by atoms with E-state index in [1.807, 2.05) is 0 Å². The molecule has 0 bridgehead atoms. The third kappa shape index (κ3) is 3.36. The van der Waals surface area contributed by atoms with Gasteiger partial charge in [0.1, 0.15) is 5.75 Å². The van der Waals surface area contributed by atoms with Crippen LogP contribution in [0.3, 0.4) is 0 Å². The lowest BCUT2D eigenvalue weighted by atomic mass is 10.1. The maximum atomic E-state index is 12.0. The van der Waals surface area contributed by atoms with Crippen molar-refractivity contribution in [2.24, 2.45) is 11.1 Å². The number of nitrogens with one attached hydrogen (secondary N) is 1. The van der Waals surface area contributed by atoms with E-state index in [0.717, 1.165) is 12.3 Å². The molecule has 1 amide bonds. The molecule has 1 heterocycles. The molecule has 1 aromatic rings. The summed E-state index contributed by atoms with van der Waals surface area (Å²) < 4.78 is 28.2. The summed E-state index contributed by atoms with van der Waals surface area (Å²) in [5, 5.41) is 7.97. The monoisotopic (exact) mass is 310 g/mol. The molecule has 1 fully saturated rings. The first-order chi connectivity index (χ1) is 9.93. The molecule has 1 unspecified atom stereocenters. The Morgan fingerprint density at radius 3 is 2.81 bits per heavy atom. The van der Waals surface area contributed by atoms with Gasteiger partial charge in [-0.2, -0.15) is 0 Å². The first-order valence-corrected chi connectivity index (χ1v) is 8.58. The lowest BCUT2D eigenvalue weighted by molar-refractivity contribution is -0.127. The van der Waals surface area contributed by atoms with Gasteiger partial charge in [0.05, 0.1) is 4.90 Å². The molecule has 0 radical (unpaired) electrons. The van der Waals surface area contributed by atoms with Crippen LogP contribution in [0.1, 0.15) is 24.8 Å². The van der Waals surface area contributed by atoms with Crippen molar-refractivity contribution in [1.29, 1.82) is 0 Å². The molecule has 1 aromatic carbocycles. The van der Waals surface area contributed by atoms with Crippen molar-refractivity contribution in [2.45, 2.75) is 36.7 Å². The summed E-state index contributed by atoms with van der Waals surface area (Å²) in [6.45, 7) is 0.669. The van der Waals surface area contributed by atoms with Gasteiger partial charge in [-0.1, -0.05) is 12.8 Å². The summed E-state index contributed by atoms with van der Waals surface area (Å²) in [6, 6.07) is 4.41. The van der Waals surface area contributed by atoms with E-state index in [-0.39, 0.29) is 10.8 Å². The number of ether oxygens (including phenoxy) is 1. The Morgan fingerprint density at radius 2 is 2.14 bits per heavy atom. The predicted molar refractivity (Wildman–Crippen MR) is 76.3 cm³/mol. The maximum Gasteiger partial charge on any atom is 0.261 e. The summed E-state index contributed by atoms with van der Waals surface area (Å²) >= 11 is 0. The molecule has 1 aliphatic carbocycles. The Kier molecular flexibility index (Phi) is 3.62. The van der Waals surface area contributed by atoms with Gasteiger partial charge in [-0.15, -0.1) is 0 Å². The first kappa shape index (κ1) is 14.3. The maximum absolute atomic E-state index is 12.0. The molecule has 3 rings (SSSR count). The van der Waals surface area contributed by atoms with Gasteiger partial charge in [-0.25, -0.2) is 13.6 Å². The summed E-state index contributed by atoms with van der Waals surface area (Å²) in [4.78, 5) is 12.1. The molecular weight excluding hydrogens is 292 g/mol. The number of sulfonamides is 1. The lowest BCUT2D eigenvalue weighted by Gasteiger charge is -2.10. The first-order valence-electron chi connectivity index (χ1n) is 7.03. The average Bonchev–Trinajstić information content (AvgIpc) is 3.13. The van der Waals surface area contributed by atoms with Crippen LogP contribution in [0.5, 0.6) is 5.75 Å². The Balaban J connectivity index is 1.62. The highest BCUT2D eigenvalue weighted by Crippen LogP contribution is 2.32. The minimum absolute atomic E-state index is 0.0413. The average molecular weight is 310 g/mol. The Bertz CT molecular complexity index is 668. The van der Waals surface area contributed by atoms with Gasteiger partial charge in [0, 0.05) is 13.0 Å². The highest BCUT2D eigenvalue weighted by atomic mass is 32.2. The third-order valence-corrected chi connectivity index (χ3v) is 4.79. The molecule has 21 heavy (non-hydrogen) atoms. The molecule has 0 saturated heterocycles. The van der Waals surface area contributed by atoms with Crippen molar-refractivity contribution >= 4 is 15.9 Å². The quantitative estimate of drug-likeness (QED) is 0.830. The van der Waals surface area contributed by atoms with Crippen molar-refractivity contribution < 1.29 is 17.9 Å². The van der Waals surface area contributed by atoms with Gasteiger partial charge in [0.2, 0.25) is 10.0 Å². The van der Waals surface area contributed by atoms with Gasteiger partial charge >= 0.3 is 0 Å². The molecule has 1 atom stereocenters. The van der Waals surface area contributed by atoms with Crippen LogP contribution in [0.15, 0.2) is 23.1 Å². The molecule has 114 valence electrons. The molecule has 2 aliphatic rings. The van der Waals surface area contributed by atoms with Gasteiger partial charge in [0.25, 0.3) is 5.91 Å². The SMILES string of the molecule is NS(=O)(=O)c1ccc2c(c1)CC(C(=O)NCCC1CC1)O2. The summed E-state index contributed by atoms with van der Waals surface area (Å²) in [5.41, 5.74) is 0.698. The number of nitrogens with two attached hydrogens (primary N) is 1. The van der Waals surface area contributed by atoms with Gasteiger partial charge in [-0.05, 0) is 36.1 Å². The Morgan fingerprint density at radius 1 is 1.38 bits per heavy atom. The summed E-state index contributed by atoms with van der Waals surface area (Å²) in [5.74, 6) is 1.16. The van der Waals surface area contributed by atoms with E-state index >= 15 is 0 Å². The second kappa shape index (κ2) is 5.31. The fourth-order valence-corrected chi connectivity index (χ4v) is 3.03. The zero-order chi connectivity index (χ0) is 15.0. The minimum atomic E-state index is -3.74. The number of amides is 1. The second-order valence-electron chi connectivity index (χ2n) is 5.65. The fraction of sp³-hybridized carbons (Fsp3) is 0.500. The van der Waals surface area contributed by atoms with E-state index < -0.39 is 16.1 Å². The second-order valence-corrected chi connectivity index (χ2v) is 7.21. The molecule has 1 saturated carbocycles. The van der Waals surface area contributed by atoms with E-state index in [2.05, 4.69) is 5.32 Å². The van der Waals surface area contributed by atoms with E-state index in [9.17, 15) is 13.2 Å². The van der Waals surface area contributed by atoms with Crippen LogP contribution in [0.4, 0.5) is 0 Å². The van der Waals surface area contributed by atoms with Crippen LogP contribution in [0, 0.1) is 5.92 Å². The van der Waals surface area contributed by atoms with Crippen molar-refractivity contribution in [1.82, 2.24) is 5.32 Å². The summed E-state index contributed by atoms with van der Waals surface area (Å²) in [7, 11) is -3.74. The van der Waals surface area contributed by atoms with Crippen LogP contribution in [-0.4, -0.2) is 27.0 Å². The van der Waals surface area contributed by atoms with Crippen molar-refractivity contribution in [3.63, 3.8) is 0 Å². The number of hydrogen-bond donors (Lipinski definition) is 2. The van der Waals surface area contributed by atoms with E-state index in [1.165, 1.54) is 25.0 Å². The smallest absolute Gasteiger partial charge is 0.261 e. The van der Waals surface area contributed by atoms with Gasteiger partial charge in [-0.3, -0.25) is 4.79 Å². The van der Waals surface area contributed by atoms with Crippen LogP contribution in [-0.2, 0) is 21.2 Å². The standard InChI is InChI=1S/C14H18N2O4S/c15-21(18,19)11-3-4-12-10(7-11)8-13(20-12)14(17)16-6-5-9-1-2-9/h3-4,7,9,13H,1-2,5-6,8H2,(H,16,17)(H2,15,18,19). The Labute approximate surface area is 123 Å². The van der Waals surface area contributed by atoms with Gasteiger partial charge in [0.15, 0.2) is 6.10 Å². The fourth-order valence-electron chi connectivity index (χ4n) is 2.47. The van der Waals surface area contributed by atoms with Crippen molar-refractivity contribution in [3.8, 4) is 5.75 Å². The topological polar surface area (TPSA) is 98.5 Å². The summed E-state index contributed by atoms with van der Waals surface area (Å²) in [6.07, 6.45) is 3.32. The van der Waals surface area contributed by atoms with E-state index in [4.69, 9.17) is 9.88 Å². The number of benzene rings is 1. The van der Waals surface area contributed by atoms with Crippen molar-refractivity contribution in [2.75, 3.05) is 6.54 Å². The zero-order valence-electron chi connectivity index (χ0n) is 11.5. The Hall–Kier alpha value is -1.60. The van der Waals surface area contributed by atoms with Crippen LogP contribution in [0.25, 0.3) is 0 Å². The molecule has 0 spiro atoms. The normalized spacial score (nSPS) is 20.7. The van der Waals surface area contributed by atoms with E-state index in [0.29, 0.717) is 24.3 Å².